The third-order valence-electron chi connectivity index (χ3n) is 2.76. The number of nitrogens with zero attached hydrogens (tertiary/aromatic N) is 4. The molecule has 1 fully saturated rings. The topological polar surface area (TPSA) is 84.2 Å². The maximum atomic E-state index is 11.1. The van der Waals surface area contributed by atoms with Crippen molar-refractivity contribution >= 4 is 17.3 Å². The van der Waals surface area contributed by atoms with Gasteiger partial charge in [-0.25, -0.2) is 9.97 Å². The minimum absolute atomic E-state index is 0.0382. The SMILES string of the molecule is CCNc1ncnc(N(C)C2CC2)c1[N+](=O)[O-]. The Morgan fingerprint density at radius 1 is 1.59 bits per heavy atom. The van der Waals surface area contributed by atoms with Crippen molar-refractivity contribution in [1.82, 2.24) is 9.97 Å². The Balaban J connectivity index is 2.42. The maximum Gasteiger partial charge on any atom is 0.353 e. The summed E-state index contributed by atoms with van der Waals surface area (Å²) in [6.07, 6.45) is 3.49. The summed E-state index contributed by atoms with van der Waals surface area (Å²) in [6.45, 7) is 2.46. The number of hydrogen-bond acceptors (Lipinski definition) is 6. The molecule has 7 heteroatoms. The van der Waals surface area contributed by atoms with E-state index in [2.05, 4.69) is 15.3 Å². The van der Waals surface area contributed by atoms with E-state index in [0.717, 1.165) is 12.8 Å². The van der Waals surface area contributed by atoms with Gasteiger partial charge in [-0.2, -0.15) is 0 Å². The Labute approximate surface area is 99.0 Å². The Bertz CT molecular complexity index is 433. The Morgan fingerprint density at radius 2 is 2.29 bits per heavy atom. The Kier molecular flexibility index (Phi) is 3.08. The fraction of sp³-hybridized carbons (Fsp3) is 0.600. The second-order valence-corrected chi connectivity index (χ2v) is 4.02. The molecule has 1 aliphatic carbocycles. The average Bonchev–Trinajstić information content (AvgIpc) is 3.11. The Hall–Kier alpha value is -1.92. The van der Waals surface area contributed by atoms with Crippen LogP contribution in [0.15, 0.2) is 6.33 Å². The van der Waals surface area contributed by atoms with Gasteiger partial charge in [0.25, 0.3) is 0 Å². The van der Waals surface area contributed by atoms with Gasteiger partial charge in [0.05, 0.1) is 4.92 Å². The van der Waals surface area contributed by atoms with Crippen LogP contribution in [-0.4, -0.2) is 34.5 Å². The fourth-order valence-electron chi connectivity index (χ4n) is 1.73. The van der Waals surface area contributed by atoms with Crippen molar-refractivity contribution < 1.29 is 4.92 Å². The molecule has 1 heterocycles. The van der Waals surface area contributed by atoms with Crippen LogP contribution >= 0.6 is 0 Å². The van der Waals surface area contributed by atoms with E-state index >= 15 is 0 Å². The highest BCUT2D eigenvalue weighted by Gasteiger charge is 2.33. The quantitative estimate of drug-likeness (QED) is 0.615. The lowest BCUT2D eigenvalue weighted by Crippen LogP contribution is -2.22. The molecule has 2 rings (SSSR count). The highest BCUT2D eigenvalue weighted by molar-refractivity contribution is 5.70. The molecular weight excluding hydrogens is 222 g/mol. The second-order valence-electron chi connectivity index (χ2n) is 4.02. The number of anilines is 2. The molecular formula is C10H15N5O2. The van der Waals surface area contributed by atoms with E-state index in [-0.39, 0.29) is 11.5 Å². The fourth-order valence-corrected chi connectivity index (χ4v) is 1.73. The standard InChI is InChI=1S/C10H15N5O2/c1-3-11-9-8(15(16)17)10(13-6-12-9)14(2)7-4-5-7/h6-7H,3-5H2,1-2H3,(H,11,12,13). The van der Waals surface area contributed by atoms with Crippen LogP contribution in [0.5, 0.6) is 0 Å². The van der Waals surface area contributed by atoms with Crippen molar-refractivity contribution in [3.8, 4) is 0 Å². The van der Waals surface area contributed by atoms with Crippen molar-refractivity contribution in [3.63, 3.8) is 0 Å². The average molecular weight is 237 g/mol. The van der Waals surface area contributed by atoms with Gasteiger partial charge in [-0.1, -0.05) is 0 Å². The van der Waals surface area contributed by atoms with Gasteiger partial charge in [0.2, 0.25) is 11.6 Å². The van der Waals surface area contributed by atoms with E-state index in [1.807, 2.05) is 18.9 Å². The smallest absolute Gasteiger partial charge is 0.353 e. The summed E-state index contributed by atoms with van der Waals surface area (Å²) in [5.41, 5.74) is -0.0382. The van der Waals surface area contributed by atoms with Gasteiger partial charge >= 0.3 is 5.69 Å². The molecule has 0 atom stereocenters. The molecule has 0 aromatic carbocycles. The van der Waals surface area contributed by atoms with Gasteiger partial charge in [-0.3, -0.25) is 10.1 Å². The summed E-state index contributed by atoms with van der Waals surface area (Å²) in [5, 5.41) is 14.0. The molecule has 1 N–H and O–H groups in total. The van der Waals surface area contributed by atoms with Crippen LogP contribution in [0, 0.1) is 10.1 Å². The highest BCUT2D eigenvalue weighted by Crippen LogP contribution is 2.36. The largest absolute Gasteiger partial charge is 0.364 e. The zero-order valence-corrected chi connectivity index (χ0v) is 9.88. The van der Waals surface area contributed by atoms with Crippen LogP contribution in [0.25, 0.3) is 0 Å². The van der Waals surface area contributed by atoms with Gasteiger partial charge in [-0.05, 0) is 19.8 Å². The first kappa shape index (κ1) is 11.6. The van der Waals surface area contributed by atoms with E-state index in [9.17, 15) is 10.1 Å². The van der Waals surface area contributed by atoms with Crippen LogP contribution < -0.4 is 10.2 Å². The summed E-state index contributed by atoms with van der Waals surface area (Å²) in [5.74, 6) is 0.679. The van der Waals surface area contributed by atoms with Crippen LogP contribution in [0.2, 0.25) is 0 Å². The van der Waals surface area contributed by atoms with Gasteiger partial charge < -0.3 is 10.2 Å². The predicted molar refractivity (Wildman–Crippen MR) is 64.3 cm³/mol. The summed E-state index contributed by atoms with van der Waals surface area (Å²) in [6, 6.07) is 0.373. The molecule has 1 aliphatic rings. The molecule has 0 saturated heterocycles. The minimum Gasteiger partial charge on any atom is -0.364 e. The van der Waals surface area contributed by atoms with E-state index in [1.165, 1.54) is 6.33 Å². The molecule has 92 valence electrons. The molecule has 17 heavy (non-hydrogen) atoms. The molecule has 0 amide bonds. The monoisotopic (exact) mass is 237 g/mol. The molecule has 7 nitrogen and oxygen atoms in total. The molecule has 0 radical (unpaired) electrons. The van der Waals surface area contributed by atoms with Crippen molar-refractivity contribution in [2.75, 3.05) is 23.8 Å². The number of nitrogens with one attached hydrogen (secondary N) is 1. The number of rotatable bonds is 5. The van der Waals surface area contributed by atoms with Gasteiger partial charge in [-0.15, -0.1) is 0 Å². The molecule has 0 spiro atoms. The number of aromatic nitrogens is 2. The summed E-state index contributed by atoms with van der Waals surface area (Å²) < 4.78 is 0. The lowest BCUT2D eigenvalue weighted by Gasteiger charge is -2.17. The highest BCUT2D eigenvalue weighted by atomic mass is 16.6. The minimum atomic E-state index is -0.424. The van der Waals surface area contributed by atoms with Crippen molar-refractivity contribution in [3.05, 3.63) is 16.4 Å². The second kappa shape index (κ2) is 4.52. The van der Waals surface area contributed by atoms with E-state index < -0.39 is 4.92 Å². The van der Waals surface area contributed by atoms with Crippen molar-refractivity contribution in [1.29, 1.82) is 0 Å². The van der Waals surface area contributed by atoms with Gasteiger partial charge in [0, 0.05) is 19.6 Å². The van der Waals surface area contributed by atoms with Crippen LogP contribution in [0.3, 0.4) is 0 Å². The zero-order chi connectivity index (χ0) is 12.4. The van der Waals surface area contributed by atoms with Gasteiger partial charge in [0.1, 0.15) is 6.33 Å². The molecule has 1 aromatic rings. The normalized spacial score (nSPS) is 14.5. The van der Waals surface area contributed by atoms with Crippen LogP contribution in [0.1, 0.15) is 19.8 Å². The van der Waals surface area contributed by atoms with Crippen molar-refractivity contribution in [2.45, 2.75) is 25.8 Å². The van der Waals surface area contributed by atoms with E-state index in [1.54, 1.807) is 0 Å². The third kappa shape index (κ3) is 2.27. The van der Waals surface area contributed by atoms with Gasteiger partial charge in [0.15, 0.2) is 0 Å². The zero-order valence-electron chi connectivity index (χ0n) is 9.88. The summed E-state index contributed by atoms with van der Waals surface area (Å²) in [4.78, 5) is 20.5. The lowest BCUT2D eigenvalue weighted by molar-refractivity contribution is -0.383. The van der Waals surface area contributed by atoms with Crippen LogP contribution in [0.4, 0.5) is 17.3 Å². The number of hydrogen-bond donors (Lipinski definition) is 1. The van der Waals surface area contributed by atoms with E-state index in [0.29, 0.717) is 18.4 Å². The molecule has 0 unspecified atom stereocenters. The molecule has 0 bridgehead atoms. The lowest BCUT2D eigenvalue weighted by atomic mass is 10.4. The van der Waals surface area contributed by atoms with Crippen molar-refractivity contribution in [2.24, 2.45) is 0 Å². The first-order chi connectivity index (χ1) is 8.15. The molecule has 0 aliphatic heterocycles. The summed E-state index contributed by atoms with van der Waals surface area (Å²) in [7, 11) is 1.84. The first-order valence-corrected chi connectivity index (χ1v) is 5.61. The maximum absolute atomic E-state index is 11.1. The predicted octanol–water partition coefficient (Wildman–Crippen LogP) is 1.42. The third-order valence-corrected chi connectivity index (χ3v) is 2.76. The number of nitro groups is 1. The summed E-state index contributed by atoms with van der Waals surface area (Å²) >= 11 is 0. The molecule has 1 aromatic heterocycles. The van der Waals surface area contributed by atoms with E-state index in [4.69, 9.17) is 0 Å². The van der Waals surface area contributed by atoms with Crippen LogP contribution in [-0.2, 0) is 0 Å². The first-order valence-electron chi connectivity index (χ1n) is 5.61. The molecule has 1 saturated carbocycles. The Morgan fingerprint density at radius 3 is 2.82 bits per heavy atom.